The van der Waals surface area contributed by atoms with Crippen molar-refractivity contribution >= 4 is 35.6 Å². The summed E-state index contributed by atoms with van der Waals surface area (Å²) >= 11 is 12.2. The van der Waals surface area contributed by atoms with Crippen molar-refractivity contribution in [3.63, 3.8) is 0 Å². The fraction of sp³-hybridized carbons (Fsp3) is 0.0769. The lowest BCUT2D eigenvalue weighted by molar-refractivity contribution is 0.652. The molecule has 0 saturated heterocycles. The van der Waals surface area contributed by atoms with Gasteiger partial charge in [-0.3, -0.25) is 4.98 Å². The molecule has 108 valence electrons. The van der Waals surface area contributed by atoms with Crippen LogP contribution in [0.15, 0.2) is 42.7 Å². The minimum absolute atomic E-state index is 0. The molecule has 0 aliphatic rings. The molecular weight excluding hydrogens is 333 g/mol. The van der Waals surface area contributed by atoms with Gasteiger partial charge in [0.05, 0.1) is 11.6 Å². The Labute approximate surface area is 137 Å². The molecule has 0 radical (unpaired) electrons. The van der Waals surface area contributed by atoms with Crippen molar-refractivity contribution in [2.24, 2.45) is 0 Å². The first kappa shape index (κ1) is 15.7. The zero-order valence-electron chi connectivity index (χ0n) is 10.6. The molecule has 3 rings (SSSR count). The van der Waals surface area contributed by atoms with E-state index in [0.29, 0.717) is 28.0 Å². The maximum atomic E-state index is 6.18. The number of tetrazole rings is 1. The molecule has 21 heavy (non-hydrogen) atoms. The van der Waals surface area contributed by atoms with Gasteiger partial charge in [0.1, 0.15) is 0 Å². The van der Waals surface area contributed by atoms with Crippen molar-refractivity contribution in [3.8, 4) is 11.4 Å². The molecule has 3 aromatic rings. The zero-order chi connectivity index (χ0) is 13.9. The van der Waals surface area contributed by atoms with Gasteiger partial charge in [-0.25, -0.2) is 4.68 Å². The summed E-state index contributed by atoms with van der Waals surface area (Å²) in [5, 5.41) is 12.8. The first-order valence-corrected chi connectivity index (χ1v) is 6.60. The highest BCUT2D eigenvalue weighted by Gasteiger charge is 2.13. The number of hydrogen-bond acceptors (Lipinski definition) is 4. The van der Waals surface area contributed by atoms with Crippen LogP contribution in [0, 0.1) is 0 Å². The minimum Gasteiger partial charge on any atom is -0.264 e. The van der Waals surface area contributed by atoms with Gasteiger partial charge in [0.15, 0.2) is 5.82 Å². The Balaban J connectivity index is 0.00000161. The highest BCUT2D eigenvalue weighted by molar-refractivity contribution is 6.35. The van der Waals surface area contributed by atoms with Crippen molar-refractivity contribution < 1.29 is 0 Å². The van der Waals surface area contributed by atoms with Crippen LogP contribution < -0.4 is 0 Å². The van der Waals surface area contributed by atoms with Crippen LogP contribution >= 0.6 is 35.6 Å². The van der Waals surface area contributed by atoms with Gasteiger partial charge in [0.25, 0.3) is 0 Å². The molecular formula is C13H10Cl3N5. The standard InChI is InChI=1S/C13H9Cl2N5.ClH/c14-10-3-4-12(15)11(6-10)13-17-18-19-20(13)8-9-2-1-5-16-7-9;/h1-7H,8H2;1H. The number of pyridine rings is 1. The lowest BCUT2D eigenvalue weighted by atomic mass is 10.2. The topological polar surface area (TPSA) is 56.5 Å². The van der Waals surface area contributed by atoms with E-state index in [1.54, 1.807) is 35.3 Å². The summed E-state index contributed by atoms with van der Waals surface area (Å²) in [6, 6.07) is 9.02. The number of aromatic nitrogens is 5. The molecule has 8 heteroatoms. The second-order valence-corrected chi connectivity index (χ2v) is 4.99. The molecule has 0 aliphatic carbocycles. The highest BCUT2D eigenvalue weighted by Crippen LogP contribution is 2.28. The molecule has 2 aromatic heterocycles. The van der Waals surface area contributed by atoms with Crippen LogP contribution in [0.1, 0.15) is 5.56 Å². The molecule has 2 heterocycles. The summed E-state index contributed by atoms with van der Waals surface area (Å²) in [6.45, 7) is 0.513. The Kier molecular flexibility index (Phi) is 5.12. The predicted octanol–water partition coefficient (Wildman–Crippen LogP) is 3.51. The van der Waals surface area contributed by atoms with Crippen LogP contribution in [0.25, 0.3) is 11.4 Å². The van der Waals surface area contributed by atoms with Crippen molar-refractivity contribution in [1.82, 2.24) is 25.2 Å². The largest absolute Gasteiger partial charge is 0.264 e. The van der Waals surface area contributed by atoms with Gasteiger partial charge in [-0.05, 0) is 40.3 Å². The van der Waals surface area contributed by atoms with Crippen molar-refractivity contribution in [2.75, 3.05) is 0 Å². The summed E-state index contributed by atoms with van der Waals surface area (Å²) < 4.78 is 1.66. The molecule has 0 saturated carbocycles. The lowest BCUT2D eigenvalue weighted by Crippen LogP contribution is -2.04. The van der Waals surface area contributed by atoms with Gasteiger partial charge in [0.2, 0.25) is 0 Å². The van der Waals surface area contributed by atoms with Gasteiger partial charge in [-0.15, -0.1) is 17.5 Å². The third-order valence-corrected chi connectivity index (χ3v) is 3.32. The van der Waals surface area contributed by atoms with Crippen LogP contribution in [0.4, 0.5) is 0 Å². The van der Waals surface area contributed by atoms with E-state index in [-0.39, 0.29) is 12.4 Å². The van der Waals surface area contributed by atoms with Gasteiger partial charge < -0.3 is 0 Å². The number of nitrogens with zero attached hydrogens (tertiary/aromatic N) is 5. The van der Waals surface area contributed by atoms with E-state index in [1.807, 2.05) is 12.1 Å². The quantitative estimate of drug-likeness (QED) is 0.731. The molecule has 0 amide bonds. The highest BCUT2D eigenvalue weighted by atomic mass is 35.5. The summed E-state index contributed by atoms with van der Waals surface area (Å²) in [6.07, 6.45) is 3.49. The SMILES string of the molecule is Cl.Clc1ccc(Cl)c(-c2nnnn2Cc2cccnc2)c1. The van der Waals surface area contributed by atoms with E-state index in [2.05, 4.69) is 20.5 Å². The second kappa shape index (κ2) is 6.85. The summed E-state index contributed by atoms with van der Waals surface area (Å²) in [7, 11) is 0. The third kappa shape index (κ3) is 3.50. The second-order valence-electron chi connectivity index (χ2n) is 4.15. The van der Waals surface area contributed by atoms with Crippen molar-refractivity contribution in [3.05, 3.63) is 58.3 Å². The van der Waals surface area contributed by atoms with Crippen LogP contribution in [-0.4, -0.2) is 25.2 Å². The monoisotopic (exact) mass is 341 g/mol. The fourth-order valence-electron chi connectivity index (χ4n) is 1.84. The van der Waals surface area contributed by atoms with Gasteiger partial charge in [-0.1, -0.05) is 29.3 Å². The predicted molar refractivity (Wildman–Crippen MR) is 83.9 cm³/mol. The summed E-state index contributed by atoms with van der Waals surface area (Å²) in [5.41, 5.74) is 1.70. The number of halogens is 3. The lowest BCUT2D eigenvalue weighted by Gasteiger charge is -2.06. The molecule has 0 unspecified atom stereocenters. The average molecular weight is 343 g/mol. The zero-order valence-corrected chi connectivity index (χ0v) is 13.0. The fourth-order valence-corrected chi connectivity index (χ4v) is 2.21. The van der Waals surface area contributed by atoms with Crippen LogP contribution in [0.5, 0.6) is 0 Å². The molecule has 0 spiro atoms. The molecule has 0 bridgehead atoms. The maximum Gasteiger partial charge on any atom is 0.183 e. The van der Waals surface area contributed by atoms with Gasteiger partial charge >= 0.3 is 0 Å². The molecule has 5 nitrogen and oxygen atoms in total. The normalized spacial score (nSPS) is 10.2. The Morgan fingerprint density at radius 1 is 1.14 bits per heavy atom. The average Bonchev–Trinajstić information content (AvgIpc) is 2.91. The van der Waals surface area contributed by atoms with E-state index in [4.69, 9.17) is 23.2 Å². The Hall–Kier alpha value is -1.69. The summed E-state index contributed by atoms with van der Waals surface area (Å²) in [4.78, 5) is 4.07. The number of rotatable bonds is 3. The maximum absolute atomic E-state index is 6.18. The van der Waals surface area contributed by atoms with E-state index < -0.39 is 0 Å². The molecule has 1 aromatic carbocycles. The molecule has 0 aliphatic heterocycles. The van der Waals surface area contributed by atoms with E-state index in [9.17, 15) is 0 Å². The van der Waals surface area contributed by atoms with Crippen LogP contribution in [-0.2, 0) is 6.54 Å². The van der Waals surface area contributed by atoms with Crippen LogP contribution in [0.2, 0.25) is 10.0 Å². The first-order chi connectivity index (χ1) is 9.74. The van der Waals surface area contributed by atoms with Crippen LogP contribution in [0.3, 0.4) is 0 Å². The van der Waals surface area contributed by atoms with E-state index in [0.717, 1.165) is 5.56 Å². The smallest absolute Gasteiger partial charge is 0.183 e. The number of hydrogen-bond donors (Lipinski definition) is 0. The van der Waals surface area contributed by atoms with E-state index in [1.165, 1.54) is 0 Å². The minimum atomic E-state index is 0. The van der Waals surface area contributed by atoms with Gasteiger partial charge in [-0.2, -0.15) is 0 Å². The first-order valence-electron chi connectivity index (χ1n) is 5.84. The Morgan fingerprint density at radius 2 is 2.00 bits per heavy atom. The Morgan fingerprint density at radius 3 is 2.76 bits per heavy atom. The Bertz CT molecular complexity index is 730. The number of benzene rings is 1. The van der Waals surface area contributed by atoms with E-state index >= 15 is 0 Å². The third-order valence-electron chi connectivity index (χ3n) is 2.76. The molecule has 0 atom stereocenters. The van der Waals surface area contributed by atoms with Crippen molar-refractivity contribution in [1.29, 1.82) is 0 Å². The van der Waals surface area contributed by atoms with Crippen molar-refractivity contribution in [2.45, 2.75) is 6.54 Å². The summed E-state index contributed by atoms with van der Waals surface area (Å²) in [5.74, 6) is 0.571. The van der Waals surface area contributed by atoms with Gasteiger partial charge in [0, 0.05) is 23.0 Å². The molecule has 0 N–H and O–H groups in total. The molecule has 0 fully saturated rings.